The minimum absolute atomic E-state index is 0.563. The molecular formula is C47H31N5. The van der Waals surface area contributed by atoms with Gasteiger partial charge < -0.3 is 4.57 Å². The van der Waals surface area contributed by atoms with Crippen molar-refractivity contribution in [2.75, 3.05) is 4.90 Å². The fourth-order valence-corrected chi connectivity index (χ4v) is 7.33. The van der Waals surface area contributed by atoms with Crippen molar-refractivity contribution in [2.45, 2.75) is 0 Å². The summed E-state index contributed by atoms with van der Waals surface area (Å²) in [6.45, 7) is 0. The second-order valence-corrected chi connectivity index (χ2v) is 12.9. The third-order valence-corrected chi connectivity index (χ3v) is 9.80. The van der Waals surface area contributed by atoms with E-state index in [0.717, 1.165) is 50.4 Å². The molecule has 10 rings (SSSR count). The number of hydrogen-bond acceptors (Lipinski definition) is 4. The Kier molecular flexibility index (Phi) is 7.07. The molecule has 0 radical (unpaired) electrons. The summed E-state index contributed by atoms with van der Waals surface area (Å²) in [5.74, 6) is 1.81. The van der Waals surface area contributed by atoms with Crippen molar-refractivity contribution in [2.24, 2.45) is 0 Å². The first kappa shape index (κ1) is 29.8. The minimum Gasteiger partial charge on any atom is -0.309 e. The van der Waals surface area contributed by atoms with Crippen molar-refractivity contribution in [3.8, 4) is 39.6 Å². The average molecular weight is 666 g/mol. The molecule has 0 N–H and O–H groups in total. The molecule has 5 heteroatoms. The molecule has 0 fully saturated rings. The van der Waals surface area contributed by atoms with Gasteiger partial charge >= 0.3 is 0 Å². The van der Waals surface area contributed by atoms with Crippen molar-refractivity contribution < 1.29 is 0 Å². The van der Waals surface area contributed by atoms with Crippen molar-refractivity contribution in [3.63, 3.8) is 0 Å². The SMILES string of the molecule is C1=Cc2cc(-c3ccc4c(c3)c3ccccc3n4-c3ccccc3)ccc2N(c2nc(-c3ccccc3)nc(-c3ccccc3)n2)c2ccccc21. The van der Waals surface area contributed by atoms with Crippen molar-refractivity contribution in [1.29, 1.82) is 0 Å². The molecule has 0 aliphatic carbocycles. The smallest absolute Gasteiger partial charge is 0.238 e. The van der Waals surface area contributed by atoms with E-state index >= 15 is 0 Å². The van der Waals surface area contributed by atoms with Crippen LogP contribution in [0.1, 0.15) is 11.1 Å². The summed E-state index contributed by atoms with van der Waals surface area (Å²) in [6, 6.07) is 61.4. The highest BCUT2D eigenvalue weighted by Crippen LogP contribution is 2.43. The van der Waals surface area contributed by atoms with Gasteiger partial charge in [0.25, 0.3) is 0 Å². The Balaban J connectivity index is 1.14. The van der Waals surface area contributed by atoms with Gasteiger partial charge in [-0.2, -0.15) is 9.97 Å². The number of aromatic nitrogens is 4. The van der Waals surface area contributed by atoms with Gasteiger partial charge in [-0.25, -0.2) is 4.98 Å². The van der Waals surface area contributed by atoms with E-state index in [1.165, 1.54) is 21.8 Å². The number of hydrogen-bond donors (Lipinski definition) is 0. The van der Waals surface area contributed by atoms with Gasteiger partial charge in [0.2, 0.25) is 5.95 Å². The Labute approximate surface area is 301 Å². The van der Waals surface area contributed by atoms with Crippen molar-refractivity contribution >= 4 is 51.3 Å². The monoisotopic (exact) mass is 665 g/mol. The van der Waals surface area contributed by atoms with E-state index in [2.05, 4.69) is 137 Å². The van der Waals surface area contributed by atoms with Crippen LogP contribution in [0.4, 0.5) is 17.3 Å². The molecule has 3 heterocycles. The van der Waals surface area contributed by atoms with Crippen LogP contribution in [-0.2, 0) is 0 Å². The molecule has 1 aliphatic rings. The van der Waals surface area contributed by atoms with E-state index in [9.17, 15) is 0 Å². The van der Waals surface area contributed by atoms with Gasteiger partial charge in [-0.05, 0) is 70.8 Å². The first-order chi connectivity index (χ1) is 25.8. The van der Waals surface area contributed by atoms with Crippen LogP contribution in [0.2, 0.25) is 0 Å². The maximum Gasteiger partial charge on any atom is 0.238 e. The summed E-state index contributed by atoms with van der Waals surface area (Å²) in [4.78, 5) is 17.4. The number of fused-ring (bicyclic) bond motifs is 5. The molecule has 0 saturated heterocycles. The maximum absolute atomic E-state index is 5.14. The highest BCUT2D eigenvalue weighted by atomic mass is 15.3. The van der Waals surface area contributed by atoms with E-state index in [1.54, 1.807) is 0 Å². The van der Waals surface area contributed by atoms with Gasteiger partial charge in [0, 0.05) is 27.6 Å². The molecular weight excluding hydrogens is 635 g/mol. The molecule has 0 unspecified atom stereocenters. The first-order valence-corrected chi connectivity index (χ1v) is 17.5. The summed E-state index contributed by atoms with van der Waals surface area (Å²) in [6.07, 6.45) is 4.39. The van der Waals surface area contributed by atoms with E-state index in [-0.39, 0.29) is 0 Å². The van der Waals surface area contributed by atoms with Crippen LogP contribution in [0, 0.1) is 0 Å². The molecule has 7 aromatic carbocycles. The van der Waals surface area contributed by atoms with Crippen LogP contribution < -0.4 is 4.90 Å². The molecule has 244 valence electrons. The number of anilines is 3. The zero-order valence-electron chi connectivity index (χ0n) is 28.1. The lowest BCUT2D eigenvalue weighted by Crippen LogP contribution is -2.16. The summed E-state index contributed by atoms with van der Waals surface area (Å²) in [5, 5.41) is 2.46. The highest BCUT2D eigenvalue weighted by molar-refractivity contribution is 6.10. The summed E-state index contributed by atoms with van der Waals surface area (Å²) < 4.78 is 2.35. The quantitative estimate of drug-likeness (QED) is 0.184. The Bertz CT molecular complexity index is 2730. The zero-order chi connectivity index (χ0) is 34.4. The van der Waals surface area contributed by atoms with Crippen molar-refractivity contribution in [1.82, 2.24) is 19.5 Å². The second-order valence-electron chi connectivity index (χ2n) is 12.9. The fraction of sp³-hybridized carbons (Fsp3) is 0. The van der Waals surface area contributed by atoms with Gasteiger partial charge in [-0.15, -0.1) is 0 Å². The zero-order valence-corrected chi connectivity index (χ0v) is 28.1. The van der Waals surface area contributed by atoms with E-state index < -0.39 is 0 Å². The predicted molar refractivity (Wildman–Crippen MR) is 214 cm³/mol. The fourth-order valence-electron chi connectivity index (χ4n) is 7.33. The van der Waals surface area contributed by atoms with Gasteiger partial charge in [0.05, 0.1) is 22.4 Å². The van der Waals surface area contributed by atoms with Gasteiger partial charge in [0.15, 0.2) is 11.6 Å². The Morgan fingerprint density at radius 3 is 1.67 bits per heavy atom. The number of nitrogens with zero attached hydrogens (tertiary/aromatic N) is 5. The maximum atomic E-state index is 5.14. The van der Waals surface area contributed by atoms with E-state index in [1.807, 2.05) is 60.7 Å². The van der Waals surface area contributed by atoms with E-state index in [0.29, 0.717) is 17.6 Å². The molecule has 2 aromatic heterocycles. The van der Waals surface area contributed by atoms with Crippen molar-refractivity contribution in [3.05, 3.63) is 187 Å². The van der Waals surface area contributed by atoms with Crippen LogP contribution in [0.5, 0.6) is 0 Å². The van der Waals surface area contributed by atoms with Crippen LogP contribution in [-0.4, -0.2) is 19.5 Å². The van der Waals surface area contributed by atoms with E-state index in [4.69, 9.17) is 15.0 Å². The summed E-state index contributed by atoms with van der Waals surface area (Å²) in [7, 11) is 0. The molecule has 0 bridgehead atoms. The number of benzene rings is 7. The Morgan fingerprint density at radius 1 is 0.365 bits per heavy atom. The van der Waals surface area contributed by atoms with Gasteiger partial charge in [-0.1, -0.05) is 140 Å². The molecule has 5 nitrogen and oxygen atoms in total. The number of rotatable bonds is 5. The minimum atomic E-state index is 0.563. The van der Waals surface area contributed by atoms with Crippen LogP contribution >= 0.6 is 0 Å². The van der Waals surface area contributed by atoms with Crippen LogP contribution in [0.25, 0.3) is 73.5 Å². The summed E-state index contributed by atoms with van der Waals surface area (Å²) in [5.41, 5.74) is 11.9. The topological polar surface area (TPSA) is 46.8 Å². The molecule has 0 saturated carbocycles. The van der Waals surface area contributed by atoms with Crippen LogP contribution in [0.3, 0.4) is 0 Å². The number of para-hydroxylation sites is 3. The molecule has 0 spiro atoms. The molecule has 1 aliphatic heterocycles. The third-order valence-electron chi connectivity index (χ3n) is 9.80. The lowest BCUT2D eigenvalue weighted by molar-refractivity contribution is 1.02. The largest absolute Gasteiger partial charge is 0.309 e. The Morgan fingerprint density at radius 2 is 0.923 bits per heavy atom. The molecule has 0 atom stereocenters. The third kappa shape index (κ3) is 5.07. The van der Waals surface area contributed by atoms with Gasteiger partial charge in [0.1, 0.15) is 0 Å². The molecule has 9 aromatic rings. The molecule has 0 amide bonds. The lowest BCUT2D eigenvalue weighted by Gasteiger charge is -2.26. The second kappa shape index (κ2) is 12.3. The average Bonchev–Trinajstić information content (AvgIpc) is 3.45. The Hall–Kier alpha value is -7.11. The van der Waals surface area contributed by atoms with Crippen LogP contribution in [0.15, 0.2) is 176 Å². The predicted octanol–water partition coefficient (Wildman–Crippen LogP) is 11.9. The highest BCUT2D eigenvalue weighted by Gasteiger charge is 2.25. The normalized spacial score (nSPS) is 12.1. The first-order valence-electron chi connectivity index (χ1n) is 17.5. The van der Waals surface area contributed by atoms with Gasteiger partial charge in [-0.3, -0.25) is 4.90 Å². The summed E-state index contributed by atoms with van der Waals surface area (Å²) >= 11 is 0. The molecule has 52 heavy (non-hydrogen) atoms. The standard InChI is InChI=1S/C47H31N5/c1-4-15-33(16-5-1)45-48-46(34-17-6-2-7-18-34)50-47(49-45)52-41-22-12-10-14-32(41)24-25-37-30-35(26-28-42(37)52)36-27-29-44-40(31-36)39-21-11-13-23-43(39)51(44)38-19-8-3-9-20-38/h1-31H. The lowest BCUT2D eigenvalue weighted by atomic mass is 9.99.